The van der Waals surface area contributed by atoms with Gasteiger partial charge in [-0.2, -0.15) is 0 Å². The van der Waals surface area contributed by atoms with Crippen molar-refractivity contribution in [3.05, 3.63) is 47.8 Å². The molecule has 3 rings (SSSR count). The van der Waals surface area contributed by atoms with Gasteiger partial charge in [0.15, 0.2) is 5.65 Å². The SMILES string of the molecule is CCN(C(=O)[O-])c1cc(NCc2ccc(S(N)(=O)=O)cc2)c2ncc(C)nc2n1. The molecule has 0 aliphatic heterocycles. The third-order valence-electron chi connectivity index (χ3n) is 4.17. The summed E-state index contributed by atoms with van der Waals surface area (Å²) in [6.45, 7) is 3.92. The molecule has 0 aliphatic carbocycles. The number of carboxylic acid groups (broad SMARTS) is 1. The van der Waals surface area contributed by atoms with Gasteiger partial charge in [-0.1, -0.05) is 12.1 Å². The molecule has 0 saturated carbocycles. The summed E-state index contributed by atoms with van der Waals surface area (Å²) in [7, 11) is -3.76. The molecule has 3 N–H and O–H groups in total. The monoisotopic (exact) mass is 415 g/mol. The minimum absolute atomic E-state index is 0.0202. The predicted octanol–water partition coefficient (Wildman–Crippen LogP) is 0.762. The van der Waals surface area contributed by atoms with Crippen LogP contribution in [0.4, 0.5) is 16.3 Å². The van der Waals surface area contributed by atoms with Crippen molar-refractivity contribution in [2.45, 2.75) is 25.3 Å². The number of aromatic nitrogens is 3. The van der Waals surface area contributed by atoms with Crippen molar-refractivity contribution in [3.63, 3.8) is 0 Å². The lowest BCUT2D eigenvalue weighted by Crippen LogP contribution is -2.41. The molecule has 29 heavy (non-hydrogen) atoms. The Morgan fingerprint density at radius 3 is 2.52 bits per heavy atom. The number of pyridine rings is 1. The highest BCUT2D eigenvalue weighted by molar-refractivity contribution is 7.89. The molecule has 0 radical (unpaired) electrons. The lowest BCUT2D eigenvalue weighted by molar-refractivity contribution is -0.246. The van der Waals surface area contributed by atoms with Crippen molar-refractivity contribution in [2.75, 3.05) is 16.8 Å². The zero-order valence-electron chi connectivity index (χ0n) is 15.8. The van der Waals surface area contributed by atoms with Gasteiger partial charge in [0.25, 0.3) is 0 Å². The number of carbonyl (C=O) groups excluding carboxylic acids is 1. The van der Waals surface area contributed by atoms with Gasteiger partial charge in [0.2, 0.25) is 10.0 Å². The van der Waals surface area contributed by atoms with Crippen LogP contribution in [0.15, 0.2) is 41.4 Å². The molecule has 152 valence electrons. The number of nitrogens with one attached hydrogen (secondary N) is 1. The first-order chi connectivity index (χ1) is 13.7. The Kier molecular flexibility index (Phi) is 5.62. The third kappa shape index (κ3) is 4.58. The van der Waals surface area contributed by atoms with Gasteiger partial charge in [-0.15, -0.1) is 0 Å². The molecule has 2 aromatic heterocycles. The number of aryl methyl sites for hydroxylation is 1. The topological polar surface area (TPSA) is 154 Å². The number of hydrogen-bond acceptors (Lipinski definition) is 8. The standard InChI is InChI=1S/C18H20N6O4S/c1-3-24(18(25)26)15-8-14(16-17(23-15)22-11(2)9-21-16)20-10-12-4-6-13(7-5-12)29(19,27)28/h4-9H,3,10H2,1-2H3,(H,25,26)(H2,19,27,28)(H,20,22,23)/p-1. The van der Waals surface area contributed by atoms with Crippen LogP contribution in [0, 0.1) is 6.92 Å². The average Bonchev–Trinajstić information content (AvgIpc) is 2.65. The van der Waals surface area contributed by atoms with Crippen LogP contribution >= 0.6 is 0 Å². The maximum Gasteiger partial charge on any atom is 0.238 e. The van der Waals surface area contributed by atoms with E-state index in [-0.39, 0.29) is 17.3 Å². The Balaban J connectivity index is 1.96. The molecule has 1 aromatic carbocycles. The van der Waals surface area contributed by atoms with Crippen molar-refractivity contribution in [3.8, 4) is 0 Å². The fourth-order valence-electron chi connectivity index (χ4n) is 2.72. The van der Waals surface area contributed by atoms with Gasteiger partial charge in [0, 0.05) is 25.4 Å². The highest BCUT2D eigenvalue weighted by Crippen LogP contribution is 2.25. The zero-order chi connectivity index (χ0) is 21.2. The highest BCUT2D eigenvalue weighted by atomic mass is 32.2. The maximum absolute atomic E-state index is 11.4. The minimum Gasteiger partial charge on any atom is -0.530 e. The molecule has 0 saturated heterocycles. The van der Waals surface area contributed by atoms with Crippen LogP contribution in [0.1, 0.15) is 18.2 Å². The van der Waals surface area contributed by atoms with E-state index in [1.54, 1.807) is 38.2 Å². The summed E-state index contributed by atoms with van der Waals surface area (Å²) in [5.74, 6) is 0.173. The Bertz CT molecular complexity index is 1160. The van der Waals surface area contributed by atoms with Gasteiger partial charge in [0.05, 0.1) is 16.3 Å². The van der Waals surface area contributed by atoms with Crippen LogP contribution in [0.25, 0.3) is 11.2 Å². The number of sulfonamides is 1. The fraction of sp³-hybridized carbons (Fsp3) is 0.222. The zero-order valence-corrected chi connectivity index (χ0v) is 16.6. The molecule has 10 nitrogen and oxygen atoms in total. The van der Waals surface area contributed by atoms with E-state index in [1.165, 1.54) is 12.1 Å². The summed E-state index contributed by atoms with van der Waals surface area (Å²) in [5, 5.41) is 19.7. The molecule has 3 aromatic rings. The Hall–Kier alpha value is -3.31. The third-order valence-corrected chi connectivity index (χ3v) is 5.10. The number of nitrogens with two attached hydrogens (primary N) is 1. The lowest BCUT2D eigenvalue weighted by Gasteiger charge is -2.23. The van der Waals surface area contributed by atoms with Crippen molar-refractivity contribution in [2.24, 2.45) is 5.14 Å². The van der Waals surface area contributed by atoms with E-state index < -0.39 is 16.1 Å². The van der Waals surface area contributed by atoms with Crippen LogP contribution in [0.2, 0.25) is 0 Å². The van der Waals surface area contributed by atoms with E-state index in [0.29, 0.717) is 29.1 Å². The molecule has 1 amide bonds. The van der Waals surface area contributed by atoms with Crippen LogP contribution in [0.3, 0.4) is 0 Å². The van der Waals surface area contributed by atoms with Gasteiger partial charge < -0.3 is 20.1 Å². The second-order valence-corrected chi connectivity index (χ2v) is 7.83. The van der Waals surface area contributed by atoms with Crippen molar-refractivity contribution in [1.29, 1.82) is 0 Å². The highest BCUT2D eigenvalue weighted by Gasteiger charge is 2.14. The maximum atomic E-state index is 11.4. The van der Waals surface area contributed by atoms with Gasteiger partial charge in [-0.25, -0.2) is 28.5 Å². The Morgan fingerprint density at radius 1 is 1.24 bits per heavy atom. The van der Waals surface area contributed by atoms with Crippen LogP contribution < -0.4 is 20.5 Å². The van der Waals surface area contributed by atoms with Gasteiger partial charge in [0.1, 0.15) is 17.4 Å². The number of benzene rings is 1. The van der Waals surface area contributed by atoms with E-state index in [9.17, 15) is 18.3 Å². The normalized spacial score (nSPS) is 11.4. The van der Waals surface area contributed by atoms with Crippen molar-refractivity contribution < 1.29 is 18.3 Å². The van der Waals surface area contributed by atoms with Crippen LogP contribution in [-0.4, -0.2) is 36.0 Å². The van der Waals surface area contributed by atoms with Crippen molar-refractivity contribution in [1.82, 2.24) is 15.0 Å². The number of rotatable bonds is 6. The number of amides is 1. The first kappa shape index (κ1) is 20.4. The molecule has 0 atom stereocenters. The number of fused-ring (bicyclic) bond motifs is 1. The number of anilines is 2. The Morgan fingerprint density at radius 2 is 1.93 bits per heavy atom. The summed E-state index contributed by atoms with van der Waals surface area (Å²) in [6.07, 6.45) is 0.219. The van der Waals surface area contributed by atoms with E-state index in [2.05, 4.69) is 20.3 Å². The minimum atomic E-state index is -3.76. The van der Waals surface area contributed by atoms with Crippen molar-refractivity contribution >= 4 is 38.8 Å². The van der Waals surface area contributed by atoms with Gasteiger partial charge in [-0.3, -0.25) is 0 Å². The molecule has 11 heteroatoms. The van der Waals surface area contributed by atoms with E-state index in [1.807, 2.05) is 0 Å². The first-order valence-corrected chi connectivity index (χ1v) is 10.2. The van der Waals surface area contributed by atoms with Crippen LogP contribution in [-0.2, 0) is 16.6 Å². The number of nitrogens with zero attached hydrogens (tertiary/aromatic N) is 4. The molecule has 0 unspecified atom stereocenters. The smallest absolute Gasteiger partial charge is 0.238 e. The van der Waals surface area contributed by atoms with Gasteiger partial charge in [-0.05, 0) is 31.5 Å². The van der Waals surface area contributed by atoms with Gasteiger partial charge >= 0.3 is 0 Å². The first-order valence-electron chi connectivity index (χ1n) is 8.67. The Labute approximate surface area is 167 Å². The lowest BCUT2D eigenvalue weighted by atomic mass is 10.2. The molecule has 2 heterocycles. The largest absolute Gasteiger partial charge is 0.530 e. The summed E-state index contributed by atoms with van der Waals surface area (Å²) >= 11 is 0. The molecular formula is C18H19N6O4S-. The second-order valence-electron chi connectivity index (χ2n) is 6.26. The average molecular weight is 415 g/mol. The number of primary sulfonamides is 1. The van der Waals surface area contributed by atoms with Crippen LogP contribution in [0.5, 0.6) is 0 Å². The van der Waals surface area contributed by atoms with E-state index in [0.717, 1.165) is 10.5 Å². The molecule has 0 bridgehead atoms. The quantitative estimate of drug-likeness (QED) is 0.598. The number of carbonyl (C=O) groups is 1. The summed E-state index contributed by atoms with van der Waals surface area (Å²) in [5.41, 5.74) is 2.75. The van der Waals surface area contributed by atoms with E-state index >= 15 is 0 Å². The summed E-state index contributed by atoms with van der Waals surface area (Å²) in [6, 6.07) is 7.66. The molecular weight excluding hydrogens is 396 g/mol. The summed E-state index contributed by atoms with van der Waals surface area (Å²) < 4.78 is 22.7. The van der Waals surface area contributed by atoms with E-state index in [4.69, 9.17) is 5.14 Å². The summed E-state index contributed by atoms with van der Waals surface area (Å²) in [4.78, 5) is 25.4. The predicted molar refractivity (Wildman–Crippen MR) is 106 cm³/mol. The second kappa shape index (κ2) is 7.97. The number of hydrogen-bond donors (Lipinski definition) is 2. The fourth-order valence-corrected chi connectivity index (χ4v) is 3.24. The molecule has 0 fully saturated rings. The molecule has 0 aliphatic rings. The molecule has 0 spiro atoms.